The quantitative estimate of drug-likeness (QED) is 0.805. The Kier molecular flexibility index (Phi) is 3.18. The Bertz CT molecular complexity index is 575. The summed E-state index contributed by atoms with van der Waals surface area (Å²) in [5, 5.41) is 1.62. The van der Waals surface area contributed by atoms with E-state index < -0.39 is 9.05 Å². The molecule has 3 nitrogen and oxygen atoms in total. The third kappa shape index (κ3) is 2.55. The van der Waals surface area contributed by atoms with Crippen molar-refractivity contribution in [3.05, 3.63) is 41.8 Å². The average Bonchev–Trinajstić information content (AvgIpc) is 2.67. The predicted molar refractivity (Wildman–Crippen MR) is 63.9 cm³/mol. The molecule has 6 heteroatoms. The van der Waals surface area contributed by atoms with Crippen molar-refractivity contribution in [1.29, 1.82) is 0 Å². The van der Waals surface area contributed by atoms with E-state index >= 15 is 0 Å². The Labute approximate surface area is 102 Å². The minimum atomic E-state index is -3.74. The van der Waals surface area contributed by atoms with E-state index in [2.05, 4.69) is 0 Å². The van der Waals surface area contributed by atoms with Gasteiger partial charge >= 0.3 is 0 Å². The van der Waals surface area contributed by atoms with Gasteiger partial charge in [-0.25, -0.2) is 8.42 Å². The molecule has 0 unspecified atom stereocenters. The zero-order valence-corrected chi connectivity index (χ0v) is 10.3. The molecule has 0 atom stereocenters. The minimum Gasteiger partial charge on any atom is -0.455 e. The number of hydrogen-bond donors (Lipinski definition) is 0. The fraction of sp³-hybridized carbons (Fsp3) is 0. The van der Waals surface area contributed by atoms with Gasteiger partial charge in [0.25, 0.3) is 9.05 Å². The molecule has 2 aromatic rings. The number of para-hydroxylation sites is 1. The maximum atomic E-state index is 11.2. The highest BCUT2D eigenvalue weighted by Crippen LogP contribution is 2.35. The van der Waals surface area contributed by atoms with Crippen LogP contribution in [-0.2, 0) is 9.05 Å². The standard InChI is InChI=1S/C10H7ClO3S2/c11-16(12,13)10-9(6-7-15-10)14-8-4-2-1-3-5-8/h1-7H. The zero-order valence-electron chi connectivity index (χ0n) is 7.96. The molecule has 16 heavy (non-hydrogen) atoms. The summed E-state index contributed by atoms with van der Waals surface area (Å²) in [6, 6.07) is 10.5. The summed E-state index contributed by atoms with van der Waals surface area (Å²) in [5.41, 5.74) is 0. The number of halogens is 1. The fourth-order valence-corrected chi connectivity index (χ4v) is 3.23. The van der Waals surface area contributed by atoms with Crippen molar-refractivity contribution in [3.63, 3.8) is 0 Å². The Balaban J connectivity index is 2.34. The number of hydrogen-bond acceptors (Lipinski definition) is 4. The third-order valence-electron chi connectivity index (χ3n) is 1.79. The molecule has 0 fully saturated rings. The summed E-state index contributed by atoms with van der Waals surface area (Å²) in [6.45, 7) is 0. The normalized spacial score (nSPS) is 11.3. The van der Waals surface area contributed by atoms with Crippen LogP contribution in [0.15, 0.2) is 46.0 Å². The van der Waals surface area contributed by atoms with Gasteiger partial charge in [-0.3, -0.25) is 0 Å². The van der Waals surface area contributed by atoms with E-state index in [-0.39, 0.29) is 9.96 Å². The van der Waals surface area contributed by atoms with Crippen molar-refractivity contribution < 1.29 is 13.2 Å². The Hall–Kier alpha value is -1.04. The van der Waals surface area contributed by atoms with Crippen LogP contribution in [0.5, 0.6) is 11.5 Å². The molecule has 0 amide bonds. The van der Waals surface area contributed by atoms with Crippen molar-refractivity contribution >= 4 is 31.1 Å². The van der Waals surface area contributed by atoms with Gasteiger partial charge < -0.3 is 4.74 Å². The van der Waals surface area contributed by atoms with Crippen LogP contribution in [0.4, 0.5) is 0 Å². The number of ether oxygens (including phenoxy) is 1. The summed E-state index contributed by atoms with van der Waals surface area (Å²) < 4.78 is 27.9. The van der Waals surface area contributed by atoms with Crippen LogP contribution >= 0.6 is 22.0 Å². The van der Waals surface area contributed by atoms with E-state index in [0.29, 0.717) is 5.75 Å². The molecule has 0 spiro atoms. The summed E-state index contributed by atoms with van der Waals surface area (Å²) in [6.07, 6.45) is 0. The van der Waals surface area contributed by atoms with Gasteiger partial charge in [-0.15, -0.1) is 11.3 Å². The van der Waals surface area contributed by atoms with Crippen LogP contribution in [0.25, 0.3) is 0 Å². The highest BCUT2D eigenvalue weighted by atomic mass is 35.7. The molecule has 0 bridgehead atoms. The van der Waals surface area contributed by atoms with Crippen LogP contribution in [0.1, 0.15) is 0 Å². The minimum absolute atomic E-state index is 0.0259. The fourth-order valence-electron chi connectivity index (χ4n) is 1.15. The molecule has 0 saturated carbocycles. The zero-order chi connectivity index (χ0) is 11.6. The van der Waals surface area contributed by atoms with Crippen molar-refractivity contribution in [2.75, 3.05) is 0 Å². The van der Waals surface area contributed by atoms with Gasteiger partial charge in [0, 0.05) is 10.7 Å². The lowest BCUT2D eigenvalue weighted by Gasteiger charge is -2.04. The summed E-state index contributed by atoms with van der Waals surface area (Å²) in [4.78, 5) is 0. The van der Waals surface area contributed by atoms with Crippen molar-refractivity contribution in [1.82, 2.24) is 0 Å². The number of benzene rings is 1. The Morgan fingerprint density at radius 2 is 1.81 bits per heavy atom. The number of thiophene rings is 1. The van der Waals surface area contributed by atoms with Gasteiger partial charge in [0.05, 0.1) is 0 Å². The first kappa shape index (κ1) is 11.4. The van der Waals surface area contributed by atoms with E-state index in [9.17, 15) is 8.42 Å². The first-order valence-electron chi connectivity index (χ1n) is 4.32. The molecule has 1 aromatic heterocycles. The third-order valence-corrected chi connectivity index (χ3v) is 4.80. The first-order chi connectivity index (χ1) is 7.57. The van der Waals surface area contributed by atoms with Crippen molar-refractivity contribution in [3.8, 4) is 11.5 Å². The van der Waals surface area contributed by atoms with Crippen LogP contribution in [0.2, 0.25) is 0 Å². The Morgan fingerprint density at radius 1 is 1.12 bits per heavy atom. The second-order valence-electron chi connectivity index (χ2n) is 2.93. The van der Waals surface area contributed by atoms with Gasteiger partial charge in [0.15, 0.2) is 9.96 Å². The maximum absolute atomic E-state index is 11.2. The highest BCUT2D eigenvalue weighted by molar-refractivity contribution is 8.15. The number of rotatable bonds is 3. The molecule has 0 aliphatic heterocycles. The van der Waals surface area contributed by atoms with Crippen LogP contribution in [0.3, 0.4) is 0 Å². The lowest BCUT2D eigenvalue weighted by Crippen LogP contribution is -1.90. The Morgan fingerprint density at radius 3 is 2.44 bits per heavy atom. The predicted octanol–water partition coefficient (Wildman–Crippen LogP) is 3.47. The monoisotopic (exact) mass is 274 g/mol. The van der Waals surface area contributed by atoms with Crippen LogP contribution < -0.4 is 4.74 Å². The maximum Gasteiger partial charge on any atom is 0.274 e. The van der Waals surface area contributed by atoms with Crippen molar-refractivity contribution in [2.24, 2.45) is 0 Å². The molecule has 0 aliphatic rings. The molecular formula is C10H7ClO3S2. The smallest absolute Gasteiger partial charge is 0.274 e. The van der Waals surface area contributed by atoms with E-state index in [1.165, 1.54) is 0 Å². The second kappa shape index (κ2) is 4.45. The summed E-state index contributed by atoms with van der Waals surface area (Å²) in [7, 11) is 1.53. The molecule has 84 valence electrons. The van der Waals surface area contributed by atoms with Crippen LogP contribution in [-0.4, -0.2) is 8.42 Å². The lowest BCUT2D eigenvalue weighted by atomic mass is 10.3. The van der Waals surface area contributed by atoms with E-state index in [1.54, 1.807) is 35.7 Å². The molecule has 0 radical (unpaired) electrons. The van der Waals surface area contributed by atoms with Gasteiger partial charge in [0.2, 0.25) is 0 Å². The molecule has 2 rings (SSSR count). The SMILES string of the molecule is O=S(=O)(Cl)c1sccc1Oc1ccccc1. The summed E-state index contributed by atoms with van der Waals surface area (Å²) in [5.74, 6) is 0.827. The molecule has 0 saturated heterocycles. The average molecular weight is 275 g/mol. The first-order valence-corrected chi connectivity index (χ1v) is 7.51. The molecule has 0 N–H and O–H groups in total. The molecular weight excluding hydrogens is 268 g/mol. The van der Waals surface area contributed by atoms with Gasteiger partial charge in [-0.1, -0.05) is 18.2 Å². The van der Waals surface area contributed by atoms with Gasteiger partial charge in [-0.2, -0.15) is 0 Å². The van der Waals surface area contributed by atoms with E-state index in [4.69, 9.17) is 15.4 Å². The summed E-state index contributed by atoms with van der Waals surface area (Å²) >= 11 is 1.03. The van der Waals surface area contributed by atoms with E-state index in [1.807, 2.05) is 6.07 Å². The molecule has 0 aliphatic carbocycles. The van der Waals surface area contributed by atoms with Gasteiger partial charge in [-0.05, 0) is 23.6 Å². The second-order valence-corrected chi connectivity index (χ2v) is 6.60. The van der Waals surface area contributed by atoms with E-state index in [0.717, 1.165) is 11.3 Å². The topological polar surface area (TPSA) is 43.4 Å². The molecule has 1 heterocycles. The lowest BCUT2D eigenvalue weighted by molar-refractivity contribution is 0.473. The van der Waals surface area contributed by atoms with Gasteiger partial charge in [0.1, 0.15) is 5.75 Å². The van der Waals surface area contributed by atoms with Crippen LogP contribution in [0, 0.1) is 0 Å². The largest absolute Gasteiger partial charge is 0.455 e. The highest BCUT2D eigenvalue weighted by Gasteiger charge is 2.19. The van der Waals surface area contributed by atoms with Crippen molar-refractivity contribution in [2.45, 2.75) is 4.21 Å². The molecule has 1 aromatic carbocycles.